The van der Waals surface area contributed by atoms with Crippen LogP contribution in [0.25, 0.3) is 0 Å². The molecule has 0 aliphatic carbocycles. The van der Waals surface area contributed by atoms with Crippen LogP contribution in [-0.4, -0.2) is 37.8 Å². The Kier molecular flexibility index (Phi) is 7.10. The van der Waals surface area contributed by atoms with Gasteiger partial charge in [-0.25, -0.2) is 13.2 Å². The molecule has 0 aliphatic rings. The SMILES string of the molecule is CC(C)(C)C(CS(=O)(=O)c1ccc(Oc2ccc(OC(F)(F)F)cc2)cc1)NC(=O)O. The molecule has 11 heteroatoms. The van der Waals surface area contributed by atoms with E-state index in [1.165, 1.54) is 36.4 Å². The summed E-state index contributed by atoms with van der Waals surface area (Å²) in [6.45, 7) is 5.18. The molecule has 0 fully saturated rings. The number of ether oxygens (including phenoxy) is 2. The van der Waals surface area contributed by atoms with Crippen molar-refractivity contribution in [1.29, 1.82) is 0 Å². The summed E-state index contributed by atoms with van der Waals surface area (Å²) in [7, 11) is -3.81. The van der Waals surface area contributed by atoms with Gasteiger partial charge in [-0.1, -0.05) is 20.8 Å². The van der Waals surface area contributed by atoms with Gasteiger partial charge in [-0.15, -0.1) is 13.2 Å². The topological polar surface area (TPSA) is 102 Å². The van der Waals surface area contributed by atoms with Crippen molar-refractivity contribution in [2.24, 2.45) is 5.41 Å². The molecule has 0 bridgehead atoms. The molecule has 1 amide bonds. The minimum atomic E-state index is -4.80. The van der Waals surface area contributed by atoms with E-state index in [1.54, 1.807) is 20.8 Å². The molecule has 31 heavy (non-hydrogen) atoms. The second-order valence-corrected chi connectivity index (χ2v) is 9.78. The van der Waals surface area contributed by atoms with Crippen LogP contribution >= 0.6 is 0 Å². The number of carbonyl (C=O) groups is 1. The third kappa shape index (κ3) is 7.67. The zero-order valence-electron chi connectivity index (χ0n) is 16.9. The van der Waals surface area contributed by atoms with Crippen LogP contribution in [0.15, 0.2) is 53.4 Å². The van der Waals surface area contributed by atoms with Gasteiger partial charge < -0.3 is 19.9 Å². The molecule has 2 aromatic carbocycles. The maximum atomic E-state index is 12.7. The molecule has 0 saturated heterocycles. The standard InChI is InChI=1S/C20H22F3NO6S/c1-19(2,3)17(24-18(25)26)12-31(27,28)16-10-8-14(9-11-16)29-13-4-6-15(7-5-13)30-20(21,22)23/h4-11,17,24H,12H2,1-3H3,(H,25,26). The molecule has 0 heterocycles. The van der Waals surface area contributed by atoms with Gasteiger partial charge >= 0.3 is 12.5 Å². The average molecular weight is 461 g/mol. The molecule has 0 aliphatic heterocycles. The van der Waals surface area contributed by atoms with Crippen molar-refractivity contribution in [3.63, 3.8) is 0 Å². The Hall–Kier alpha value is -2.95. The lowest BCUT2D eigenvalue weighted by atomic mass is 9.88. The number of benzene rings is 2. The Balaban J connectivity index is 2.10. The fourth-order valence-electron chi connectivity index (χ4n) is 2.53. The van der Waals surface area contributed by atoms with Gasteiger partial charge in [0.25, 0.3) is 0 Å². The van der Waals surface area contributed by atoms with Crippen molar-refractivity contribution in [1.82, 2.24) is 5.32 Å². The van der Waals surface area contributed by atoms with E-state index in [0.29, 0.717) is 0 Å². The zero-order valence-corrected chi connectivity index (χ0v) is 17.8. The van der Waals surface area contributed by atoms with Crippen LogP contribution in [0.3, 0.4) is 0 Å². The van der Waals surface area contributed by atoms with Gasteiger partial charge in [-0.05, 0) is 53.9 Å². The van der Waals surface area contributed by atoms with E-state index in [2.05, 4.69) is 10.1 Å². The van der Waals surface area contributed by atoms with Gasteiger partial charge in [-0.3, -0.25) is 0 Å². The fourth-order valence-corrected chi connectivity index (χ4v) is 4.30. The lowest BCUT2D eigenvalue weighted by Gasteiger charge is -2.30. The van der Waals surface area contributed by atoms with Crippen LogP contribution in [0.5, 0.6) is 17.2 Å². The van der Waals surface area contributed by atoms with Crippen LogP contribution in [0.2, 0.25) is 0 Å². The van der Waals surface area contributed by atoms with Crippen molar-refractivity contribution in [2.45, 2.75) is 38.1 Å². The second kappa shape index (κ2) is 9.04. The van der Waals surface area contributed by atoms with E-state index in [1.807, 2.05) is 0 Å². The van der Waals surface area contributed by atoms with E-state index in [9.17, 15) is 26.4 Å². The second-order valence-electron chi connectivity index (χ2n) is 7.74. The van der Waals surface area contributed by atoms with E-state index in [0.717, 1.165) is 12.1 Å². The molecular formula is C20H22F3NO6S. The van der Waals surface area contributed by atoms with Crippen molar-refractivity contribution in [3.8, 4) is 17.2 Å². The van der Waals surface area contributed by atoms with Crippen LogP contribution in [0.1, 0.15) is 20.8 Å². The molecule has 2 N–H and O–H groups in total. The van der Waals surface area contributed by atoms with E-state index in [4.69, 9.17) is 9.84 Å². The van der Waals surface area contributed by atoms with Gasteiger partial charge in [0, 0.05) is 0 Å². The highest BCUT2D eigenvalue weighted by Gasteiger charge is 2.32. The van der Waals surface area contributed by atoms with Gasteiger partial charge in [0.2, 0.25) is 0 Å². The Bertz CT molecular complexity index is 997. The largest absolute Gasteiger partial charge is 0.573 e. The summed E-state index contributed by atoms with van der Waals surface area (Å²) in [4.78, 5) is 11.0. The quantitative estimate of drug-likeness (QED) is 0.612. The van der Waals surface area contributed by atoms with Crippen molar-refractivity contribution in [2.75, 3.05) is 5.75 Å². The lowest BCUT2D eigenvalue weighted by molar-refractivity contribution is -0.274. The van der Waals surface area contributed by atoms with E-state index < -0.39 is 45.3 Å². The number of sulfone groups is 1. The Labute approximate surface area is 177 Å². The Morgan fingerprint density at radius 1 is 0.968 bits per heavy atom. The molecule has 0 saturated carbocycles. The molecule has 2 rings (SSSR count). The molecule has 0 radical (unpaired) electrons. The number of halogens is 3. The minimum absolute atomic E-state index is 0.0183. The maximum absolute atomic E-state index is 12.7. The predicted molar refractivity (Wildman–Crippen MR) is 106 cm³/mol. The first-order valence-electron chi connectivity index (χ1n) is 9.02. The summed E-state index contributed by atoms with van der Waals surface area (Å²) in [6, 6.07) is 9.30. The predicted octanol–water partition coefficient (Wildman–Crippen LogP) is 4.83. The number of nitrogens with one attached hydrogen (secondary N) is 1. The molecule has 7 nitrogen and oxygen atoms in total. The number of hydrogen-bond acceptors (Lipinski definition) is 5. The summed E-state index contributed by atoms with van der Waals surface area (Å²) in [5, 5.41) is 11.2. The number of carboxylic acid groups (broad SMARTS) is 1. The molecular weight excluding hydrogens is 439 g/mol. The lowest BCUT2D eigenvalue weighted by Crippen LogP contribution is -2.47. The minimum Gasteiger partial charge on any atom is -0.465 e. The highest BCUT2D eigenvalue weighted by molar-refractivity contribution is 7.91. The van der Waals surface area contributed by atoms with Crippen molar-refractivity contribution in [3.05, 3.63) is 48.5 Å². The highest BCUT2D eigenvalue weighted by Crippen LogP contribution is 2.29. The molecule has 0 spiro atoms. The molecule has 0 aromatic heterocycles. The van der Waals surface area contributed by atoms with Gasteiger partial charge in [0.15, 0.2) is 9.84 Å². The molecule has 2 aromatic rings. The maximum Gasteiger partial charge on any atom is 0.573 e. The van der Waals surface area contributed by atoms with Gasteiger partial charge in [0.1, 0.15) is 17.2 Å². The van der Waals surface area contributed by atoms with E-state index >= 15 is 0 Å². The first kappa shape index (κ1) is 24.3. The molecule has 1 unspecified atom stereocenters. The molecule has 1 atom stereocenters. The summed E-state index contributed by atoms with van der Waals surface area (Å²) < 4.78 is 71.3. The van der Waals surface area contributed by atoms with Gasteiger partial charge in [-0.2, -0.15) is 0 Å². The van der Waals surface area contributed by atoms with Crippen LogP contribution in [-0.2, 0) is 9.84 Å². The van der Waals surface area contributed by atoms with E-state index in [-0.39, 0.29) is 16.4 Å². The van der Waals surface area contributed by atoms with Crippen LogP contribution in [0.4, 0.5) is 18.0 Å². The van der Waals surface area contributed by atoms with Crippen LogP contribution in [0, 0.1) is 5.41 Å². The van der Waals surface area contributed by atoms with Gasteiger partial charge in [0.05, 0.1) is 16.7 Å². The van der Waals surface area contributed by atoms with Crippen LogP contribution < -0.4 is 14.8 Å². The number of alkyl halides is 3. The number of rotatable bonds is 7. The monoisotopic (exact) mass is 461 g/mol. The number of hydrogen-bond donors (Lipinski definition) is 2. The number of amides is 1. The summed E-state index contributed by atoms with van der Waals surface area (Å²) in [5.41, 5.74) is -0.628. The smallest absolute Gasteiger partial charge is 0.465 e. The zero-order chi connectivity index (χ0) is 23.4. The average Bonchev–Trinajstić information content (AvgIpc) is 2.61. The fraction of sp³-hybridized carbons (Fsp3) is 0.350. The Morgan fingerprint density at radius 2 is 1.42 bits per heavy atom. The first-order chi connectivity index (χ1) is 14.2. The highest BCUT2D eigenvalue weighted by atomic mass is 32.2. The van der Waals surface area contributed by atoms with Crippen molar-refractivity contribution < 1.29 is 41.0 Å². The first-order valence-corrected chi connectivity index (χ1v) is 10.7. The Morgan fingerprint density at radius 3 is 1.84 bits per heavy atom. The summed E-state index contributed by atoms with van der Waals surface area (Å²) in [5.74, 6) is -0.336. The van der Waals surface area contributed by atoms with Crippen molar-refractivity contribution >= 4 is 15.9 Å². The molecule has 170 valence electrons. The third-order valence-corrected chi connectivity index (χ3v) is 5.97. The third-order valence-electron chi connectivity index (χ3n) is 4.21. The summed E-state index contributed by atoms with van der Waals surface area (Å²) in [6.07, 6.45) is -6.11. The summed E-state index contributed by atoms with van der Waals surface area (Å²) >= 11 is 0. The normalized spacial score (nSPS) is 13.4.